The van der Waals surface area contributed by atoms with Crippen molar-refractivity contribution in [3.05, 3.63) is 65.4 Å². The molecule has 2 aromatic rings. The van der Waals surface area contributed by atoms with E-state index in [-0.39, 0.29) is 17.8 Å². The lowest BCUT2D eigenvalue weighted by atomic mass is 9.94. The Morgan fingerprint density at radius 3 is 2.43 bits per heavy atom. The number of rotatable bonds is 8. The Balaban J connectivity index is 2.09. The Labute approximate surface area is 177 Å². The van der Waals surface area contributed by atoms with Gasteiger partial charge in [-0.1, -0.05) is 32.0 Å². The first-order valence-electron chi connectivity index (χ1n) is 10.2. The van der Waals surface area contributed by atoms with Crippen molar-refractivity contribution in [3.63, 3.8) is 0 Å². The summed E-state index contributed by atoms with van der Waals surface area (Å²) in [5.74, 6) is -0.674. The average Bonchev–Trinajstić information content (AvgIpc) is 3.02. The van der Waals surface area contributed by atoms with E-state index >= 15 is 0 Å². The molecule has 0 saturated carbocycles. The maximum atomic E-state index is 13.0. The third-order valence-corrected chi connectivity index (χ3v) is 5.12. The molecule has 2 aromatic carbocycles. The van der Waals surface area contributed by atoms with E-state index in [0.29, 0.717) is 18.0 Å². The highest BCUT2D eigenvalue weighted by atomic mass is 16.5. The number of carbonyl (C=O) groups is 2. The van der Waals surface area contributed by atoms with Gasteiger partial charge >= 0.3 is 0 Å². The summed E-state index contributed by atoms with van der Waals surface area (Å²) < 4.78 is 5.71. The summed E-state index contributed by atoms with van der Waals surface area (Å²) in [5, 5.41) is 10.6. The maximum Gasteiger partial charge on any atom is 0.294 e. The Hall–Kier alpha value is -3.28. The molecule has 0 radical (unpaired) electrons. The average molecular weight is 408 g/mol. The van der Waals surface area contributed by atoms with Crippen LogP contribution in [0.15, 0.2) is 59.9 Å². The Bertz CT molecular complexity index is 963. The van der Waals surface area contributed by atoms with Crippen molar-refractivity contribution < 1.29 is 19.4 Å². The van der Waals surface area contributed by atoms with Gasteiger partial charge in [0.2, 0.25) is 0 Å². The van der Waals surface area contributed by atoms with E-state index in [1.807, 2.05) is 56.3 Å². The molecule has 1 aliphatic rings. The first-order valence-corrected chi connectivity index (χ1v) is 10.2. The van der Waals surface area contributed by atoms with Crippen LogP contribution in [0.3, 0.4) is 0 Å². The minimum Gasteiger partial charge on any atom is -0.503 e. The van der Waals surface area contributed by atoms with Crippen molar-refractivity contribution in [1.29, 1.82) is 0 Å². The van der Waals surface area contributed by atoms with Gasteiger partial charge in [0.15, 0.2) is 11.5 Å². The molecule has 1 amide bonds. The zero-order valence-electron chi connectivity index (χ0n) is 17.9. The van der Waals surface area contributed by atoms with Crippen molar-refractivity contribution in [3.8, 4) is 5.75 Å². The topological polar surface area (TPSA) is 70.1 Å². The number of ether oxygens (including phenoxy) is 1. The van der Waals surface area contributed by atoms with Crippen molar-refractivity contribution in [1.82, 2.24) is 0 Å². The first-order chi connectivity index (χ1) is 14.4. The lowest BCUT2D eigenvalue weighted by Crippen LogP contribution is -2.31. The highest BCUT2D eigenvalue weighted by molar-refractivity contribution is 6.16. The Morgan fingerprint density at radius 1 is 1.13 bits per heavy atom. The van der Waals surface area contributed by atoms with Crippen LogP contribution in [-0.4, -0.2) is 37.5 Å². The van der Waals surface area contributed by atoms with Gasteiger partial charge in [0.1, 0.15) is 5.75 Å². The SMILES string of the molecule is CCCOc1cccc(N2C(=O)C(O)=C(C(=O)CC)C2c2ccc(N(C)C)cc2)c1. The number of hydrogen-bond acceptors (Lipinski definition) is 5. The summed E-state index contributed by atoms with van der Waals surface area (Å²) in [6.45, 7) is 4.31. The van der Waals surface area contributed by atoms with E-state index in [9.17, 15) is 14.7 Å². The van der Waals surface area contributed by atoms with Gasteiger partial charge in [0, 0.05) is 38.0 Å². The molecule has 1 atom stereocenters. The van der Waals surface area contributed by atoms with Crippen LogP contribution in [0, 0.1) is 0 Å². The smallest absolute Gasteiger partial charge is 0.294 e. The molecule has 6 nitrogen and oxygen atoms in total. The molecular formula is C24H28N2O4. The van der Waals surface area contributed by atoms with Crippen LogP contribution < -0.4 is 14.5 Å². The number of carbonyl (C=O) groups excluding carboxylic acids is 2. The molecule has 6 heteroatoms. The van der Waals surface area contributed by atoms with Crippen molar-refractivity contribution >= 4 is 23.1 Å². The second kappa shape index (κ2) is 9.03. The zero-order valence-corrected chi connectivity index (χ0v) is 17.9. The second-order valence-electron chi connectivity index (χ2n) is 7.45. The molecule has 0 spiro atoms. The number of hydrogen-bond donors (Lipinski definition) is 1. The number of benzene rings is 2. The zero-order chi connectivity index (χ0) is 21.8. The molecule has 1 heterocycles. The Kier molecular flexibility index (Phi) is 6.45. The molecule has 1 unspecified atom stereocenters. The molecule has 0 aromatic heterocycles. The van der Waals surface area contributed by atoms with E-state index in [0.717, 1.165) is 17.7 Å². The van der Waals surface area contributed by atoms with Crippen molar-refractivity contribution in [2.45, 2.75) is 32.7 Å². The molecule has 3 rings (SSSR count). The molecule has 1 aliphatic heterocycles. The summed E-state index contributed by atoms with van der Waals surface area (Å²) in [4.78, 5) is 29.2. The molecule has 0 aliphatic carbocycles. The summed E-state index contributed by atoms with van der Waals surface area (Å²) in [7, 11) is 3.89. The number of ketones is 1. The van der Waals surface area contributed by atoms with Crippen LogP contribution in [-0.2, 0) is 9.59 Å². The van der Waals surface area contributed by atoms with Gasteiger partial charge in [-0.3, -0.25) is 14.5 Å². The molecule has 0 saturated heterocycles. The van der Waals surface area contributed by atoms with Crippen LogP contribution in [0.25, 0.3) is 0 Å². The largest absolute Gasteiger partial charge is 0.503 e. The van der Waals surface area contributed by atoms with Crippen LogP contribution in [0.2, 0.25) is 0 Å². The van der Waals surface area contributed by atoms with Crippen molar-refractivity contribution in [2.75, 3.05) is 30.5 Å². The van der Waals surface area contributed by atoms with Crippen LogP contribution in [0.4, 0.5) is 11.4 Å². The summed E-state index contributed by atoms with van der Waals surface area (Å²) in [6, 6.07) is 14.1. The van der Waals surface area contributed by atoms with E-state index in [2.05, 4.69) is 0 Å². The lowest BCUT2D eigenvalue weighted by molar-refractivity contribution is -0.118. The van der Waals surface area contributed by atoms with E-state index < -0.39 is 17.7 Å². The minimum atomic E-state index is -0.692. The fraction of sp³-hybridized carbons (Fsp3) is 0.333. The number of Topliss-reactive ketones (excluding diaryl/α,β-unsaturated/α-hetero) is 1. The normalized spacial score (nSPS) is 16.2. The van der Waals surface area contributed by atoms with Crippen LogP contribution in [0.1, 0.15) is 38.3 Å². The molecule has 0 fully saturated rings. The molecule has 30 heavy (non-hydrogen) atoms. The minimum absolute atomic E-state index is 0.139. The fourth-order valence-corrected chi connectivity index (χ4v) is 3.56. The molecule has 1 N–H and O–H groups in total. The lowest BCUT2D eigenvalue weighted by Gasteiger charge is -2.27. The number of aliphatic hydroxyl groups excluding tert-OH is 1. The molecule has 158 valence electrons. The highest BCUT2D eigenvalue weighted by Crippen LogP contribution is 2.42. The Morgan fingerprint density at radius 2 is 1.83 bits per heavy atom. The van der Waals surface area contributed by atoms with E-state index in [4.69, 9.17) is 4.74 Å². The summed E-state index contributed by atoms with van der Waals surface area (Å²) >= 11 is 0. The quantitative estimate of drug-likeness (QED) is 0.700. The van der Waals surface area contributed by atoms with Crippen LogP contribution >= 0.6 is 0 Å². The number of nitrogens with zero attached hydrogens (tertiary/aromatic N) is 2. The monoisotopic (exact) mass is 408 g/mol. The standard InChI is InChI=1S/C24H28N2O4/c1-5-14-30-19-9-7-8-18(15-19)26-22(16-10-12-17(13-11-16)25(3)4)21(20(27)6-2)23(28)24(26)29/h7-13,15,22,28H,5-6,14H2,1-4H3. The first kappa shape index (κ1) is 21.4. The molecular weight excluding hydrogens is 380 g/mol. The number of aliphatic hydroxyl groups is 1. The van der Waals surface area contributed by atoms with Gasteiger partial charge in [-0.15, -0.1) is 0 Å². The van der Waals surface area contributed by atoms with E-state index in [1.165, 1.54) is 4.90 Å². The predicted octanol–water partition coefficient (Wildman–Crippen LogP) is 4.42. The second-order valence-corrected chi connectivity index (χ2v) is 7.45. The van der Waals surface area contributed by atoms with Crippen molar-refractivity contribution in [2.24, 2.45) is 0 Å². The summed E-state index contributed by atoms with van der Waals surface area (Å²) in [5.41, 5.74) is 2.47. The van der Waals surface area contributed by atoms with Gasteiger partial charge in [-0.25, -0.2) is 0 Å². The number of anilines is 2. The maximum absolute atomic E-state index is 13.0. The highest BCUT2D eigenvalue weighted by Gasteiger charge is 2.43. The van der Waals surface area contributed by atoms with Gasteiger partial charge < -0.3 is 14.7 Å². The third kappa shape index (κ3) is 4.03. The summed E-state index contributed by atoms with van der Waals surface area (Å²) in [6.07, 6.45) is 1.07. The van der Waals surface area contributed by atoms with Gasteiger partial charge in [0.25, 0.3) is 5.91 Å². The predicted molar refractivity (Wildman–Crippen MR) is 118 cm³/mol. The van der Waals surface area contributed by atoms with Gasteiger partial charge in [-0.05, 0) is 36.2 Å². The third-order valence-electron chi connectivity index (χ3n) is 5.12. The fourth-order valence-electron chi connectivity index (χ4n) is 3.56. The molecule has 0 bridgehead atoms. The number of amides is 1. The van der Waals surface area contributed by atoms with Crippen LogP contribution in [0.5, 0.6) is 5.75 Å². The van der Waals surface area contributed by atoms with Gasteiger partial charge in [-0.2, -0.15) is 0 Å². The van der Waals surface area contributed by atoms with Gasteiger partial charge in [0.05, 0.1) is 18.2 Å². The van der Waals surface area contributed by atoms with E-state index in [1.54, 1.807) is 25.1 Å².